The molecule has 0 amide bonds. The number of allylic oxidation sites excluding steroid dienone is 1. The van der Waals surface area contributed by atoms with Crippen LogP contribution < -0.4 is 9.47 Å². The first-order valence-corrected chi connectivity index (χ1v) is 15.9. The molecule has 0 unspecified atom stereocenters. The first kappa shape index (κ1) is 30.9. The van der Waals surface area contributed by atoms with Gasteiger partial charge in [-0.1, -0.05) is 109 Å². The van der Waals surface area contributed by atoms with Gasteiger partial charge in [0.15, 0.2) is 0 Å². The predicted molar refractivity (Wildman–Crippen MR) is 191 cm³/mol. The van der Waals surface area contributed by atoms with E-state index in [1.807, 2.05) is 72.1 Å². The van der Waals surface area contributed by atoms with Crippen LogP contribution in [0.15, 0.2) is 150 Å². The van der Waals surface area contributed by atoms with Gasteiger partial charge in [0.05, 0.1) is 14.2 Å². The number of ether oxygens (including phenoxy) is 2. The number of hydrogen-bond acceptors (Lipinski definition) is 5. The molecule has 5 aromatic carbocycles. The average molecular weight is 627 g/mol. The van der Waals surface area contributed by atoms with Crippen LogP contribution in [0, 0.1) is 22.7 Å². The highest BCUT2D eigenvalue weighted by Crippen LogP contribution is 2.39. The first-order valence-electron chi connectivity index (χ1n) is 15.0. The maximum atomic E-state index is 9.63. The maximum absolute atomic E-state index is 9.63. The molecule has 0 fully saturated rings. The molecule has 0 aliphatic carbocycles. The molecule has 4 nitrogen and oxygen atoms in total. The average Bonchev–Trinajstić information content (AvgIpc) is 3.68. The van der Waals surface area contributed by atoms with Crippen LogP contribution in [0.3, 0.4) is 0 Å². The van der Waals surface area contributed by atoms with Crippen molar-refractivity contribution in [3.05, 3.63) is 183 Å². The van der Waals surface area contributed by atoms with Gasteiger partial charge in [0.2, 0.25) is 0 Å². The van der Waals surface area contributed by atoms with E-state index in [2.05, 4.69) is 84.9 Å². The number of nitriles is 2. The van der Waals surface area contributed by atoms with Crippen molar-refractivity contribution in [1.82, 2.24) is 0 Å². The lowest BCUT2D eigenvalue weighted by atomic mass is 9.85. The largest absolute Gasteiger partial charge is 0.497 e. The summed E-state index contributed by atoms with van der Waals surface area (Å²) in [6.07, 6.45) is 0. The van der Waals surface area contributed by atoms with Gasteiger partial charge in [-0.2, -0.15) is 10.5 Å². The Labute approximate surface area is 279 Å². The topological polar surface area (TPSA) is 66.0 Å². The van der Waals surface area contributed by atoms with Gasteiger partial charge in [-0.15, -0.1) is 11.3 Å². The minimum Gasteiger partial charge on any atom is -0.497 e. The third-order valence-corrected chi connectivity index (χ3v) is 8.88. The van der Waals surface area contributed by atoms with Gasteiger partial charge in [0.25, 0.3) is 0 Å². The van der Waals surface area contributed by atoms with Gasteiger partial charge in [-0.05, 0) is 85.8 Å². The molecule has 5 heteroatoms. The van der Waals surface area contributed by atoms with Gasteiger partial charge in [0.1, 0.15) is 29.2 Å². The minimum atomic E-state index is 0.106. The Morgan fingerprint density at radius 2 is 0.872 bits per heavy atom. The van der Waals surface area contributed by atoms with Crippen molar-refractivity contribution in [3.8, 4) is 34.8 Å². The van der Waals surface area contributed by atoms with Crippen molar-refractivity contribution >= 4 is 28.1 Å². The molecule has 0 aliphatic heterocycles. The Morgan fingerprint density at radius 3 is 1.26 bits per heavy atom. The molecule has 1 aromatic heterocycles. The number of nitrogens with zero attached hydrogens (tertiary/aromatic N) is 2. The molecule has 6 aromatic rings. The Bertz CT molecular complexity index is 2050. The van der Waals surface area contributed by atoms with E-state index in [9.17, 15) is 10.5 Å². The van der Waals surface area contributed by atoms with Gasteiger partial charge in [-0.25, -0.2) is 0 Å². The molecule has 226 valence electrons. The summed E-state index contributed by atoms with van der Waals surface area (Å²) in [5, 5.41) is 21.2. The van der Waals surface area contributed by atoms with E-state index in [-0.39, 0.29) is 5.57 Å². The standard InChI is InChI=1S/C42H30N2O2S/c1-45-37-22-18-34(19-23-37)42(35-20-24-38(46-2)25-21-35)41(31-7-4-3-5-8-31)33-16-12-30(13-17-33)29-10-14-32(15-11-29)40(36(27-43)28-44)39-9-6-26-47-39/h3-26H,1-2H3. The fraction of sp³-hybridized carbons (Fsp3) is 0.0476. The lowest BCUT2D eigenvalue weighted by Gasteiger charge is -2.19. The second-order valence-electron chi connectivity index (χ2n) is 10.7. The van der Waals surface area contributed by atoms with Crippen LogP contribution in [0.4, 0.5) is 0 Å². The summed E-state index contributed by atoms with van der Waals surface area (Å²) in [6, 6.07) is 51.4. The van der Waals surface area contributed by atoms with Crippen molar-refractivity contribution < 1.29 is 9.47 Å². The zero-order valence-corrected chi connectivity index (χ0v) is 26.8. The number of rotatable bonds is 9. The summed E-state index contributed by atoms with van der Waals surface area (Å²) < 4.78 is 10.9. The molecular formula is C42H30N2O2S. The van der Waals surface area contributed by atoms with Crippen molar-refractivity contribution in [3.63, 3.8) is 0 Å². The molecule has 47 heavy (non-hydrogen) atoms. The molecule has 0 saturated carbocycles. The Kier molecular flexibility index (Phi) is 9.40. The van der Waals surface area contributed by atoms with E-state index in [1.54, 1.807) is 14.2 Å². The van der Waals surface area contributed by atoms with Crippen molar-refractivity contribution in [2.45, 2.75) is 0 Å². The van der Waals surface area contributed by atoms with Gasteiger partial charge < -0.3 is 9.47 Å². The third kappa shape index (κ3) is 6.63. The van der Waals surface area contributed by atoms with Gasteiger partial charge in [0, 0.05) is 10.5 Å². The second kappa shape index (κ2) is 14.3. The number of thiophene rings is 1. The molecule has 6 rings (SSSR count). The molecular weight excluding hydrogens is 597 g/mol. The van der Waals surface area contributed by atoms with Crippen LogP contribution in [0.25, 0.3) is 27.8 Å². The van der Waals surface area contributed by atoms with Gasteiger partial charge >= 0.3 is 0 Å². The first-order chi connectivity index (χ1) is 23.1. The summed E-state index contributed by atoms with van der Waals surface area (Å²) in [5.41, 5.74) is 10.2. The molecule has 0 bridgehead atoms. The summed E-state index contributed by atoms with van der Waals surface area (Å²) in [7, 11) is 3.35. The van der Waals surface area contributed by atoms with Crippen LogP contribution in [0.1, 0.15) is 32.7 Å². The fourth-order valence-corrected chi connectivity index (χ4v) is 6.46. The Hall–Kier alpha value is -6.14. The molecule has 1 heterocycles. The minimum absolute atomic E-state index is 0.106. The number of hydrogen-bond donors (Lipinski definition) is 0. The highest BCUT2D eigenvalue weighted by molar-refractivity contribution is 7.11. The van der Waals surface area contributed by atoms with Crippen molar-refractivity contribution in [2.24, 2.45) is 0 Å². The smallest absolute Gasteiger partial charge is 0.138 e. The van der Waals surface area contributed by atoms with Crippen LogP contribution in [-0.4, -0.2) is 14.2 Å². The highest BCUT2D eigenvalue weighted by atomic mass is 32.1. The lowest BCUT2D eigenvalue weighted by molar-refractivity contribution is 0.414. The Balaban J connectivity index is 1.46. The van der Waals surface area contributed by atoms with E-state index in [4.69, 9.17) is 9.47 Å². The summed E-state index contributed by atoms with van der Waals surface area (Å²) >= 11 is 1.51. The monoisotopic (exact) mass is 626 g/mol. The second-order valence-corrected chi connectivity index (χ2v) is 11.6. The third-order valence-electron chi connectivity index (χ3n) is 7.99. The fourth-order valence-electron chi connectivity index (χ4n) is 5.66. The summed E-state index contributed by atoms with van der Waals surface area (Å²) in [4.78, 5) is 0.893. The number of methoxy groups -OCH3 is 2. The zero-order valence-electron chi connectivity index (χ0n) is 26.0. The molecule has 0 radical (unpaired) electrons. The van der Waals surface area contributed by atoms with Crippen LogP contribution in [-0.2, 0) is 0 Å². The van der Waals surface area contributed by atoms with Crippen LogP contribution in [0.5, 0.6) is 11.5 Å². The predicted octanol–water partition coefficient (Wildman–Crippen LogP) is 10.3. The van der Waals surface area contributed by atoms with Crippen LogP contribution in [0.2, 0.25) is 0 Å². The van der Waals surface area contributed by atoms with E-state index in [0.717, 1.165) is 66.5 Å². The van der Waals surface area contributed by atoms with Crippen molar-refractivity contribution in [2.75, 3.05) is 14.2 Å². The SMILES string of the molecule is COc1ccc(C(=C(c2ccccc2)c2ccc(-c3ccc(C(=C(C#N)C#N)c4cccs4)cc3)cc2)c2ccc(OC)cc2)cc1. The quantitative estimate of drug-likeness (QED) is 0.118. The maximum Gasteiger partial charge on any atom is 0.138 e. The zero-order chi connectivity index (χ0) is 32.6. The van der Waals surface area contributed by atoms with E-state index >= 15 is 0 Å². The van der Waals surface area contributed by atoms with Gasteiger partial charge in [-0.3, -0.25) is 0 Å². The Morgan fingerprint density at radius 1 is 0.468 bits per heavy atom. The van der Waals surface area contributed by atoms with E-state index in [1.165, 1.54) is 11.3 Å². The van der Waals surface area contributed by atoms with Crippen LogP contribution >= 0.6 is 11.3 Å². The number of benzene rings is 5. The molecule has 0 saturated heterocycles. The molecule has 0 spiro atoms. The lowest BCUT2D eigenvalue weighted by Crippen LogP contribution is -1.98. The summed E-state index contributed by atoms with van der Waals surface area (Å²) in [6.45, 7) is 0. The van der Waals surface area contributed by atoms with Crippen molar-refractivity contribution in [1.29, 1.82) is 10.5 Å². The highest BCUT2D eigenvalue weighted by Gasteiger charge is 2.18. The van der Waals surface area contributed by atoms with E-state index in [0.29, 0.717) is 5.57 Å². The summed E-state index contributed by atoms with van der Waals surface area (Å²) in [5.74, 6) is 1.60. The molecule has 0 aliphatic rings. The normalized spacial score (nSPS) is 10.3. The van der Waals surface area contributed by atoms with E-state index < -0.39 is 0 Å². The molecule has 0 atom stereocenters. The molecule has 0 N–H and O–H groups in total.